The van der Waals surface area contributed by atoms with E-state index in [1.807, 2.05) is 12.1 Å². The average molecular weight is 249 g/mol. The second-order valence-electron chi connectivity index (χ2n) is 4.24. The van der Waals surface area contributed by atoms with Gasteiger partial charge in [-0.1, -0.05) is 0 Å². The zero-order chi connectivity index (χ0) is 12.8. The van der Waals surface area contributed by atoms with Crippen LogP contribution in [0.2, 0.25) is 0 Å². The summed E-state index contributed by atoms with van der Waals surface area (Å²) < 4.78 is 10.7. The molecule has 2 N–H and O–H groups in total. The van der Waals surface area contributed by atoms with E-state index in [-0.39, 0.29) is 0 Å². The van der Waals surface area contributed by atoms with Crippen LogP contribution >= 0.6 is 0 Å². The fourth-order valence-corrected chi connectivity index (χ4v) is 2.09. The van der Waals surface area contributed by atoms with Crippen molar-refractivity contribution in [1.82, 2.24) is 4.90 Å². The predicted molar refractivity (Wildman–Crippen MR) is 70.9 cm³/mol. The molecular weight excluding hydrogens is 230 g/mol. The molecule has 1 fully saturated rings. The Morgan fingerprint density at radius 3 is 2.89 bits per heavy atom. The normalized spacial score (nSPS) is 17.2. The van der Waals surface area contributed by atoms with E-state index in [1.54, 1.807) is 13.3 Å². The summed E-state index contributed by atoms with van der Waals surface area (Å²) in [6.45, 7) is 4.37. The summed E-state index contributed by atoms with van der Waals surface area (Å²) in [5.74, 6) is 6.08. The molecule has 0 unspecified atom stereocenters. The minimum Gasteiger partial charge on any atom is -0.496 e. The molecule has 0 atom stereocenters. The van der Waals surface area contributed by atoms with E-state index in [2.05, 4.69) is 16.1 Å². The van der Waals surface area contributed by atoms with Crippen molar-refractivity contribution in [1.29, 1.82) is 0 Å². The third-order valence-corrected chi connectivity index (χ3v) is 3.03. The summed E-state index contributed by atoms with van der Waals surface area (Å²) in [5.41, 5.74) is 2.14. The molecule has 1 aromatic carbocycles. The Morgan fingerprint density at radius 1 is 1.44 bits per heavy atom. The molecular formula is C13H19N3O2. The Morgan fingerprint density at radius 2 is 2.22 bits per heavy atom. The van der Waals surface area contributed by atoms with E-state index in [0.29, 0.717) is 0 Å². The predicted octanol–water partition coefficient (Wildman–Crippen LogP) is 0.820. The van der Waals surface area contributed by atoms with Crippen LogP contribution in [0.3, 0.4) is 0 Å². The van der Waals surface area contributed by atoms with Gasteiger partial charge in [-0.05, 0) is 23.8 Å². The van der Waals surface area contributed by atoms with Crippen molar-refractivity contribution in [2.24, 2.45) is 10.9 Å². The second-order valence-corrected chi connectivity index (χ2v) is 4.24. The molecule has 0 saturated carbocycles. The molecule has 1 saturated heterocycles. The molecule has 98 valence electrons. The van der Waals surface area contributed by atoms with Crippen LogP contribution < -0.4 is 10.6 Å². The van der Waals surface area contributed by atoms with Crippen molar-refractivity contribution in [2.45, 2.75) is 6.54 Å². The minimum atomic E-state index is 0.798. The van der Waals surface area contributed by atoms with E-state index in [4.69, 9.17) is 15.3 Å². The molecule has 0 radical (unpaired) electrons. The lowest BCUT2D eigenvalue weighted by Crippen LogP contribution is -2.35. The average Bonchev–Trinajstić information content (AvgIpc) is 2.41. The van der Waals surface area contributed by atoms with Gasteiger partial charge in [0.05, 0.1) is 26.5 Å². The Hall–Kier alpha value is -1.59. The number of ether oxygens (including phenoxy) is 2. The van der Waals surface area contributed by atoms with Gasteiger partial charge in [-0.15, -0.1) is 0 Å². The van der Waals surface area contributed by atoms with Crippen LogP contribution in [0.4, 0.5) is 0 Å². The van der Waals surface area contributed by atoms with Gasteiger partial charge in [0.2, 0.25) is 0 Å². The van der Waals surface area contributed by atoms with Crippen LogP contribution in [0, 0.1) is 0 Å². The fourth-order valence-electron chi connectivity index (χ4n) is 2.09. The van der Waals surface area contributed by atoms with Gasteiger partial charge in [-0.25, -0.2) is 0 Å². The second kappa shape index (κ2) is 6.37. The zero-order valence-corrected chi connectivity index (χ0v) is 10.6. The molecule has 0 aliphatic carbocycles. The number of hydrogen-bond donors (Lipinski definition) is 1. The third-order valence-electron chi connectivity index (χ3n) is 3.03. The van der Waals surface area contributed by atoms with E-state index in [1.165, 1.54) is 0 Å². The molecule has 0 spiro atoms. The highest BCUT2D eigenvalue weighted by molar-refractivity contribution is 5.80. The van der Waals surface area contributed by atoms with Crippen LogP contribution in [-0.4, -0.2) is 44.5 Å². The molecule has 1 aliphatic rings. The quantitative estimate of drug-likeness (QED) is 0.487. The van der Waals surface area contributed by atoms with Crippen molar-refractivity contribution in [2.75, 3.05) is 33.4 Å². The number of morpholine rings is 1. The van der Waals surface area contributed by atoms with Crippen molar-refractivity contribution >= 4 is 6.21 Å². The molecule has 0 amide bonds. The molecule has 1 heterocycles. The van der Waals surface area contributed by atoms with Gasteiger partial charge in [-0.2, -0.15) is 5.10 Å². The van der Waals surface area contributed by atoms with Gasteiger partial charge in [0.25, 0.3) is 0 Å². The van der Waals surface area contributed by atoms with Gasteiger partial charge in [0.1, 0.15) is 5.75 Å². The number of nitrogens with two attached hydrogens (primary N) is 1. The van der Waals surface area contributed by atoms with Gasteiger partial charge >= 0.3 is 0 Å². The van der Waals surface area contributed by atoms with Crippen LogP contribution in [0.25, 0.3) is 0 Å². The smallest absolute Gasteiger partial charge is 0.123 e. The molecule has 2 rings (SSSR count). The number of benzene rings is 1. The number of methoxy groups -OCH3 is 1. The first-order chi connectivity index (χ1) is 8.83. The van der Waals surface area contributed by atoms with Gasteiger partial charge in [0.15, 0.2) is 0 Å². The van der Waals surface area contributed by atoms with Gasteiger partial charge in [0, 0.05) is 25.2 Å². The Bertz CT molecular complexity index is 415. The summed E-state index contributed by atoms with van der Waals surface area (Å²) >= 11 is 0. The highest BCUT2D eigenvalue weighted by atomic mass is 16.5. The topological polar surface area (TPSA) is 60.1 Å². The first kappa shape index (κ1) is 12.9. The third kappa shape index (κ3) is 3.21. The molecule has 1 aliphatic heterocycles. The highest BCUT2D eigenvalue weighted by Crippen LogP contribution is 2.21. The lowest BCUT2D eigenvalue weighted by atomic mass is 10.1. The van der Waals surface area contributed by atoms with Crippen LogP contribution in [0.5, 0.6) is 5.75 Å². The largest absolute Gasteiger partial charge is 0.496 e. The number of rotatable bonds is 4. The van der Waals surface area contributed by atoms with E-state index in [9.17, 15) is 0 Å². The Kier molecular flexibility index (Phi) is 4.55. The Balaban J connectivity index is 2.14. The van der Waals surface area contributed by atoms with Crippen molar-refractivity contribution in [3.8, 4) is 5.75 Å². The number of nitrogens with zero attached hydrogens (tertiary/aromatic N) is 2. The maximum Gasteiger partial charge on any atom is 0.123 e. The van der Waals surface area contributed by atoms with Crippen LogP contribution in [0.15, 0.2) is 23.3 Å². The first-order valence-electron chi connectivity index (χ1n) is 6.04. The SMILES string of the molecule is COc1ccc(C=NN)cc1CN1CCOCC1. The molecule has 5 heteroatoms. The molecule has 5 nitrogen and oxygen atoms in total. The number of hydrogen-bond acceptors (Lipinski definition) is 5. The molecule has 1 aromatic rings. The van der Waals surface area contributed by atoms with Crippen LogP contribution in [-0.2, 0) is 11.3 Å². The summed E-state index contributed by atoms with van der Waals surface area (Å²) in [6, 6.07) is 5.95. The fraction of sp³-hybridized carbons (Fsp3) is 0.462. The molecule has 18 heavy (non-hydrogen) atoms. The van der Waals surface area contributed by atoms with E-state index in [0.717, 1.165) is 49.7 Å². The first-order valence-corrected chi connectivity index (χ1v) is 6.04. The summed E-state index contributed by atoms with van der Waals surface area (Å²) in [5, 5.41) is 3.55. The zero-order valence-electron chi connectivity index (χ0n) is 10.6. The van der Waals surface area contributed by atoms with Crippen molar-refractivity contribution in [3.63, 3.8) is 0 Å². The minimum absolute atomic E-state index is 0.798. The standard InChI is InChI=1S/C13H19N3O2/c1-17-13-3-2-11(9-15-14)8-12(13)10-16-4-6-18-7-5-16/h2-3,8-9H,4-7,10,14H2,1H3. The Labute approximate surface area is 107 Å². The van der Waals surface area contributed by atoms with Crippen molar-refractivity contribution in [3.05, 3.63) is 29.3 Å². The monoisotopic (exact) mass is 249 g/mol. The maximum absolute atomic E-state index is 5.39. The summed E-state index contributed by atoms with van der Waals surface area (Å²) in [4.78, 5) is 2.35. The summed E-state index contributed by atoms with van der Waals surface area (Å²) in [7, 11) is 1.69. The highest BCUT2D eigenvalue weighted by Gasteiger charge is 2.13. The maximum atomic E-state index is 5.39. The number of hydrazone groups is 1. The lowest BCUT2D eigenvalue weighted by molar-refractivity contribution is 0.0339. The van der Waals surface area contributed by atoms with Crippen LogP contribution in [0.1, 0.15) is 11.1 Å². The van der Waals surface area contributed by atoms with E-state index < -0.39 is 0 Å². The van der Waals surface area contributed by atoms with Gasteiger partial charge < -0.3 is 15.3 Å². The molecule has 0 aromatic heterocycles. The van der Waals surface area contributed by atoms with Crippen molar-refractivity contribution < 1.29 is 9.47 Å². The van der Waals surface area contributed by atoms with Gasteiger partial charge in [-0.3, -0.25) is 4.90 Å². The molecule has 0 bridgehead atoms. The summed E-state index contributed by atoms with van der Waals surface area (Å²) in [6.07, 6.45) is 1.64. The van der Waals surface area contributed by atoms with E-state index >= 15 is 0 Å². The lowest BCUT2D eigenvalue weighted by Gasteiger charge is -2.27.